The van der Waals surface area contributed by atoms with Gasteiger partial charge < -0.3 is 14.8 Å². The lowest BCUT2D eigenvalue weighted by Gasteiger charge is -2.33. The molecule has 5 rings (SSSR count). The Bertz CT molecular complexity index is 1320. The third-order valence-corrected chi connectivity index (χ3v) is 6.72. The molecule has 0 bridgehead atoms. The molecular weight excluding hydrogens is 422 g/mol. The standard InChI is InChI=1S/C30H29NO3/c1-20-14-15-22(16-27(20)30(32)33-2)28-17-24(34-29-13-6-5-12-26(28)29)19-31-18-23-10-7-9-21-8-3-4-11-25(21)23/h3-16,24,28,31H,17-19H2,1-2H3. The third kappa shape index (κ3) is 4.42. The Morgan fingerprint density at radius 2 is 1.79 bits per heavy atom. The van der Waals surface area contributed by atoms with Crippen molar-refractivity contribution in [2.24, 2.45) is 0 Å². The molecule has 0 aliphatic carbocycles. The van der Waals surface area contributed by atoms with E-state index in [0.717, 1.165) is 42.0 Å². The molecule has 0 fully saturated rings. The fourth-order valence-electron chi connectivity index (χ4n) is 4.93. The Hall–Kier alpha value is -3.63. The van der Waals surface area contributed by atoms with E-state index in [1.165, 1.54) is 23.4 Å². The van der Waals surface area contributed by atoms with Gasteiger partial charge in [-0.1, -0.05) is 72.8 Å². The first-order valence-corrected chi connectivity index (χ1v) is 11.8. The van der Waals surface area contributed by atoms with Crippen LogP contribution in [0, 0.1) is 6.92 Å². The summed E-state index contributed by atoms with van der Waals surface area (Å²) in [6.45, 7) is 3.46. The molecule has 0 amide bonds. The number of esters is 1. The molecule has 0 saturated heterocycles. The number of benzene rings is 4. The summed E-state index contributed by atoms with van der Waals surface area (Å²) < 4.78 is 11.4. The van der Waals surface area contributed by atoms with E-state index in [1.807, 2.05) is 37.3 Å². The number of hydrogen-bond acceptors (Lipinski definition) is 4. The van der Waals surface area contributed by atoms with Crippen LogP contribution in [0.25, 0.3) is 10.8 Å². The molecule has 34 heavy (non-hydrogen) atoms. The second-order valence-electron chi connectivity index (χ2n) is 8.90. The Morgan fingerprint density at radius 1 is 1.00 bits per heavy atom. The Kier molecular flexibility index (Phi) is 6.33. The zero-order chi connectivity index (χ0) is 23.5. The number of ether oxygens (including phenoxy) is 2. The van der Waals surface area contributed by atoms with Gasteiger partial charge in [-0.3, -0.25) is 0 Å². The monoisotopic (exact) mass is 451 g/mol. The van der Waals surface area contributed by atoms with Crippen molar-refractivity contribution < 1.29 is 14.3 Å². The van der Waals surface area contributed by atoms with E-state index < -0.39 is 0 Å². The van der Waals surface area contributed by atoms with Gasteiger partial charge in [0.05, 0.1) is 12.7 Å². The summed E-state index contributed by atoms with van der Waals surface area (Å²) in [5.41, 5.74) is 5.10. The van der Waals surface area contributed by atoms with E-state index in [2.05, 4.69) is 59.9 Å². The molecule has 1 aliphatic rings. The topological polar surface area (TPSA) is 47.6 Å². The molecule has 0 radical (unpaired) electrons. The van der Waals surface area contributed by atoms with E-state index in [0.29, 0.717) is 5.56 Å². The van der Waals surface area contributed by atoms with Gasteiger partial charge in [-0.15, -0.1) is 0 Å². The maximum atomic E-state index is 12.3. The Morgan fingerprint density at radius 3 is 2.68 bits per heavy atom. The summed E-state index contributed by atoms with van der Waals surface area (Å²) in [5, 5.41) is 6.15. The molecular formula is C30H29NO3. The van der Waals surface area contributed by atoms with Crippen molar-refractivity contribution in [3.05, 3.63) is 113 Å². The number of aryl methyl sites for hydroxylation is 1. The highest BCUT2D eigenvalue weighted by Crippen LogP contribution is 2.40. The molecule has 4 heteroatoms. The second-order valence-corrected chi connectivity index (χ2v) is 8.90. The number of fused-ring (bicyclic) bond motifs is 2. The molecule has 0 saturated carbocycles. The van der Waals surface area contributed by atoms with Gasteiger partial charge in [0.25, 0.3) is 0 Å². The molecule has 172 valence electrons. The summed E-state index contributed by atoms with van der Waals surface area (Å²) in [6.07, 6.45) is 0.862. The van der Waals surface area contributed by atoms with Gasteiger partial charge in [0.1, 0.15) is 11.9 Å². The van der Waals surface area contributed by atoms with Crippen LogP contribution in [0.5, 0.6) is 5.75 Å². The second kappa shape index (κ2) is 9.70. The average Bonchev–Trinajstić information content (AvgIpc) is 2.88. The summed E-state index contributed by atoms with van der Waals surface area (Å²) >= 11 is 0. The van der Waals surface area contributed by atoms with Crippen molar-refractivity contribution in [1.29, 1.82) is 0 Å². The average molecular weight is 452 g/mol. The predicted octanol–water partition coefficient (Wildman–Crippen LogP) is 6.01. The first-order chi connectivity index (χ1) is 16.6. The highest BCUT2D eigenvalue weighted by Gasteiger charge is 2.29. The molecule has 4 nitrogen and oxygen atoms in total. The normalized spacial score (nSPS) is 17.1. The molecule has 4 aromatic carbocycles. The SMILES string of the molecule is COC(=O)c1cc(C2CC(CNCc3cccc4ccccc34)Oc3ccccc32)ccc1C. The molecule has 0 aromatic heterocycles. The summed E-state index contributed by atoms with van der Waals surface area (Å²) in [6, 6.07) is 29.2. The van der Waals surface area contributed by atoms with Crippen LogP contribution in [-0.4, -0.2) is 25.7 Å². The lowest BCUT2D eigenvalue weighted by Crippen LogP contribution is -2.35. The van der Waals surface area contributed by atoms with Gasteiger partial charge in [-0.2, -0.15) is 0 Å². The highest BCUT2D eigenvalue weighted by molar-refractivity contribution is 5.91. The van der Waals surface area contributed by atoms with E-state index in [9.17, 15) is 4.79 Å². The van der Waals surface area contributed by atoms with Crippen LogP contribution in [0.3, 0.4) is 0 Å². The van der Waals surface area contributed by atoms with Gasteiger partial charge in [0, 0.05) is 24.6 Å². The fourth-order valence-corrected chi connectivity index (χ4v) is 4.93. The largest absolute Gasteiger partial charge is 0.489 e. The van der Waals surface area contributed by atoms with Crippen LogP contribution < -0.4 is 10.1 Å². The maximum Gasteiger partial charge on any atom is 0.338 e. The third-order valence-electron chi connectivity index (χ3n) is 6.72. The first kappa shape index (κ1) is 22.2. The van der Waals surface area contributed by atoms with Crippen LogP contribution in [-0.2, 0) is 11.3 Å². The van der Waals surface area contributed by atoms with Crippen LogP contribution in [0.15, 0.2) is 84.9 Å². The van der Waals surface area contributed by atoms with E-state index in [4.69, 9.17) is 9.47 Å². The lowest BCUT2D eigenvalue weighted by atomic mass is 9.83. The fraction of sp³-hybridized carbons (Fsp3) is 0.233. The summed E-state index contributed by atoms with van der Waals surface area (Å²) in [4.78, 5) is 12.3. The Balaban J connectivity index is 1.36. The highest BCUT2D eigenvalue weighted by atomic mass is 16.5. The Labute approximate surface area is 200 Å². The smallest absolute Gasteiger partial charge is 0.338 e. The van der Waals surface area contributed by atoms with Crippen LogP contribution in [0.2, 0.25) is 0 Å². The minimum absolute atomic E-state index is 0.0257. The predicted molar refractivity (Wildman–Crippen MR) is 135 cm³/mol. The van der Waals surface area contributed by atoms with Crippen LogP contribution in [0.4, 0.5) is 0 Å². The molecule has 0 spiro atoms. The van der Waals surface area contributed by atoms with Crippen molar-refractivity contribution in [3.63, 3.8) is 0 Å². The molecule has 4 aromatic rings. The van der Waals surface area contributed by atoms with E-state index >= 15 is 0 Å². The van der Waals surface area contributed by atoms with E-state index in [-0.39, 0.29) is 18.0 Å². The zero-order valence-electron chi connectivity index (χ0n) is 19.6. The van der Waals surface area contributed by atoms with Gasteiger partial charge in [0.2, 0.25) is 0 Å². The van der Waals surface area contributed by atoms with Crippen LogP contribution in [0.1, 0.15) is 45.0 Å². The summed E-state index contributed by atoms with van der Waals surface area (Å²) in [5.74, 6) is 0.766. The number of nitrogens with one attached hydrogen (secondary N) is 1. The number of rotatable bonds is 6. The summed E-state index contributed by atoms with van der Waals surface area (Å²) in [7, 11) is 1.43. The van der Waals surface area contributed by atoms with Crippen molar-refractivity contribution >= 4 is 16.7 Å². The maximum absolute atomic E-state index is 12.3. The quantitative estimate of drug-likeness (QED) is 0.365. The van der Waals surface area contributed by atoms with Crippen molar-refractivity contribution in [2.45, 2.75) is 31.9 Å². The van der Waals surface area contributed by atoms with E-state index in [1.54, 1.807) is 0 Å². The van der Waals surface area contributed by atoms with Crippen LogP contribution >= 0.6 is 0 Å². The molecule has 1 heterocycles. The van der Waals surface area contributed by atoms with Crippen molar-refractivity contribution in [1.82, 2.24) is 5.32 Å². The number of methoxy groups -OCH3 is 1. The van der Waals surface area contributed by atoms with Gasteiger partial charge in [-0.25, -0.2) is 4.79 Å². The van der Waals surface area contributed by atoms with Gasteiger partial charge >= 0.3 is 5.97 Å². The lowest BCUT2D eigenvalue weighted by molar-refractivity contribution is 0.0599. The minimum atomic E-state index is -0.298. The molecule has 2 unspecified atom stereocenters. The van der Waals surface area contributed by atoms with Gasteiger partial charge in [-0.05, 0) is 52.9 Å². The zero-order valence-corrected chi connectivity index (χ0v) is 19.6. The minimum Gasteiger partial charge on any atom is -0.489 e. The van der Waals surface area contributed by atoms with Crippen molar-refractivity contribution in [3.8, 4) is 5.75 Å². The molecule has 1 aliphatic heterocycles. The molecule has 1 N–H and O–H groups in total. The number of carbonyl (C=O) groups is 1. The first-order valence-electron chi connectivity index (χ1n) is 11.8. The number of para-hydroxylation sites is 1. The number of hydrogen-bond donors (Lipinski definition) is 1. The van der Waals surface area contributed by atoms with Gasteiger partial charge in [0.15, 0.2) is 0 Å². The number of carbonyl (C=O) groups excluding carboxylic acids is 1. The molecule has 2 atom stereocenters. The van der Waals surface area contributed by atoms with Crippen molar-refractivity contribution in [2.75, 3.05) is 13.7 Å².